The third-order valence-electron chi connectivity index (χ3n) is 5.09. The van der Waals surface area contributed by atoms with Crippen LogP contribution in [-0.2, 0) is 13.2 Å². The van der Waals surface area contributed by atoms with Crippen molar-refractivity contribution in [1.82, 2.24) is 10.6 Å². The Morgan fingerprint density at radius 1 is 1.08 bits per heavy atom. The summed E-state index contributed by atoms with van der Waals surface area (Å²) < 4.78 is 11.5. The van der Waals surface area contributed by atoms with Crippen LogP contribution in [-0.4, -0.2) is 26.7 Å². The van der Waals surface area contributed by atoms with Crippen molar-refractivity contribution >= 4 is 0 Å². The molecular weight excluding hydrogens is 324 g/mol. The number of hydrogen-bond acceptors (Lipinski definition) is 4. The smallest absolute Gasteiger partial charge is 0.161 e. The monoisotopic (exact) mass is 354 g/mol. The lowest BCUT2D eigenvalue weighted by molar-refractivity contribution is 0.283. The Morgan fingerprint density at radius 2 is 1.88 bits per heavy atom. The molecule has 1 saturated heterocycles. The largest absolute Gasteiger partial charge is 0.493 e. The molecule has 2 aromatic carbocycles. The molecule has 4 nitrogen and oxygen atoms in total. The summed E-state index contributed by atoms with van der Waals surface area (Å²) in [4.78, 5) is 0. The lowest BCUT2D eigenvalue weighted by atomic mass is 9.98. The predicted molar refractivity (Wildman–Crippen MR) is 106 cm³/mol. The van der Waals surface area contributed by atoms with Crippen LogP contribution in [0.5, 0.6) is 11.5 Å². The van der Waals surface area contributed by atoms with Crippen molar-refractivity contribution in [2.75, 3.05) is 26.7 Å². The van der Waals surface area contributed by atoms with Crippen LogP contribution in [0.25, 0.3) is 0 Å². The fourth-order valence-electron chi connectivity index (χ4n) is 3.38. The Labute approximate surface area is 156 Å². The average molecular weight is 354 g/mol. The van der Waals surface area contributed by atoms with Gasteiger partial charge in [0, 0.05) is 6.54 Å². The predicted octanol–water partition coefficient (Wildman–Crippen LogP) is 3.67. The molecule has 0 aliphatic carbocycles. The molecule has 4 heteroatoms. The standard InChI is InChI=1S/C22H30N2O2/c1-17-5-3-4-6-20(17)16-26-21-8-7-19(13-22(21)25-2)15-24-14-18-9-11-23-12-10-18/h3-8,13,18,23-24H,9-12,14-16H2,1-2H3. The third-order valence-corrected chi connectivity index (χ3v) is 5.09. The van der Waals surface area contributed by atoms with Crippen molar-refractivity contribution in [3.8, 4) is 11.5 Å². The van der Waals surface area contributed by atoms with Gasteiger partial charge in [0.15, 0.2) is 11.5 Å². The summed E-state index contributed by atoms with van der Waals surface area (Å²) in [5, 5.41) is 7.00. The van der Waals surface area contributed by atoms with Crippen LogP contribution in [0.3, 0.4) is 0 Å². The minimum Gasteiger partial charge on any atom is -0.493 e. The van der Waals surface area contributed by atoms with Gasteiger partial charge < -0.3 is 20.1 Å². The number of ether oxygens (including phenoxy) is 2. The summed E-state index contributed by atoms with van der Waals surface area (Å²) in [7, 11) is 1.70. The van der Waals surface area contributed by atoms with E-state index in [1.54, 1.807) is 7.11 Å². The van der Waals surface area contributed by atoms with Crippen molar-refractivity contribution in [2.45, 2.75) is 32.9 Å². The van der Waals surface area contributed by atoms with Crippen LogP contribution in [0.15, 0.2) is 42.5 Å². The molecule has 1 aliphatic heterocycles. The van der Waals surface area contributed by atoms with E-state index >= 15 is 0 Å². The summed E-state index contributed by atoms with van der Waals surface area (Å²) in [6, 6.07) is 14.5. The average Bonchev–Trinajstić information content (AvgIpc) is 2.68. The molecular formula is C22H30N2O2. The molecule has 1 heterocycles. The van der Waals surface area contributed by atoms with Crippen molar-refractivity contribution in [3.63, 3.8) is 0 Å². The van der Waals surface area contributed by atoms with E-state index in [0.29, 0.717) is 6.61 Å². The highest BCUT2D eigenvalue weighted by molar-refractivity contribution is 5.43. The number of hydrogen-bond donors (Lipinski definition) is 2. The summed E-state index contributed by atoms with van der Waals surface area (Å²) in [5.74, 6) is 2.37. The number of aryl methyl sites for hydroxylation is 1. The van der Waals surface area contributed by atoms with Gasteiger partial charge >= 0.3 is 0 Å². The molecule has 0 amide bonds. The highest BCUT2D eigenvalue weighted by Crippen LogP contribution is 2.29. The number of nitrogens with one attached hydrogen (secondary N) is 2. The maximum absolute atomic E-state index is 6.00. The Kier molecular flexibility index (Phi) is 6.92. The van der Waals surface area contributed by atoms with Gasteiger partial charge in [-0.15, -0.1) is 0 Å². The third kappa shape index (κ3) is 5.23. The van der Waals surface area contributed by atoms with Crippen LogP contribution in [0.4, 0.5) is 0 Å². The molecule has 0 radical (unpaired) electrons. The molecule has 26 heavy (non-hydrogen) atoms. The molecule has 2 N–H and O–H groups in total. The number of rotatable bonds is 8. The van der Waals surface area contributed by atoms with Crippen LogP contribution in [0, 0.1) is 12.8 Å². The zero-order valence-electron chi connectivity index (χ0n) is 15.9. The Balaban J connectivity index is 1.54. The molecule has 140 valence electrons. The fraction of sp³-hybridized carbons (Fsp3) is 0.455. The van der Waals surface area contributed by atoms with E-state index in [0.717, 1.165) is 43.6 Å². The van der Waals surface area contributed by atoms with Crippen molar-refractivity contribution in [1.29, 1.82) is 0 Å². The van der Waals surface area contributed by atoms with Gasteiger partial charge in [-0.25, -0.2) is 0 Å². The number of methoxy groups -OCH3 is 1. The molecule has 2 aromatic rings. The van der Waals surface area contributed by atoms with E-state index in [2.05, 4.69) is 41.8 Å². The lowest BCUT2D eigenvalue weighted by Crippen LogP contribution is -2.33. The van der Waals surface area contributed by atoms with Gasteiger partial charge in [0.25, 0.3) is 0 Å². The number of piperidine rings is 1. The molecule has 0 bridgehead atoms. The van der Waals surface area contributed by atoms with Crippen LogP contribution >= 0.6 is 0 Å². The molecule has 0 saturated carbocycles. The second-order valence-electron chi connectivity index (χ2n) is 7.02. The Morgan fingerprint density at radius 3 is 2.65 bits per heavy atom. The van der Waals surface area contributed by atoms with E-state index in [4.69, 9.17) is 9.47 Å². The quantitative estimate of drug-likeness (QED) is 0.759. The highest BCUT2D eigenvalue weighted by Gasteiger charge is 2.12. The van der Waals surface area contributed by atoms with E-state index in [-0.39, 0.29) is 0 Å². The molecule has 3 rings (SSSR count). The molecule has 1 aliphatic rings. The Hall–Kier alpha value is -2.04. The SMILES string of the molecule is COc1cc(CNCC2CCNCC2)ccc1OCc1ccccc1C. The molecule has 0 atom stereocenters. The maximum Gasteiger partial charge on any atom is 0.161 e. The lowest BCUT2D eigenvalue weighted by Gasteiger charge is -2.23. The van der Waals surface area contributed by atoms with Crippen molar-refractivity contribution in [2.24, 2.45) is 5.92 Å². The van der Waals surface area contributed by atoms with Gasteiger partial charge in [-0.05, 0) is 74.1 Å². The fourth-order valence-corrected chi connectivity index (χ4v) is 3.38. The van der Waals surface area contributed by atoms with Crippen LogP contribution in [0.2, 0.25) is 0 Å². The van der Waals surface area contributed by atoms with E-state index < -0.39 is 0 Å². The normalized spacial score (nSPS) is 15.0. The Bertz CT molecular complexity index is 696. The van der Waals surface area contributed by atoms with Gasteiger partial charge in [-0.3, -0.25) is 0 Å². The first-order chi connectivity index (χ1) is 12.8. The maximum atomic E-state index is 6.00. The summed E-state index contributed by atoms with van der Waals surface area (Å²) in [6.07, 6.45) is 2.53. The molecule has 0 spiro atoms. The van der Waals surface area contributed by atoms with Crippen LogP contribution < -0.4 is 20.1 Å². The summed E-state index contributed by atoms with van der Waals surface area (Å²) >= 11 is 0. The zero-order chi connectivity index (χ0) is 18.2. The first kappa shape index (κ1) is 18.7. The highest BCUT2D eigenvalue weighted by atomic mass is 16.5. The van der Waals surface area contributed by atoms with Gasteiger partial charge in [0.05, 0.1) is 7.11 Å². The molecule has 0 unspecified atom stereocenters. The minimum absolute atomic E-state index is 0.552. The van der Waals surface area contributed by atoms with Gasteiger partial charge in [-0.2, -0.15) is 0 Å². The van der Waals surface area contributed by atoms with E-state index in [1.165, 1.54) is 29.5 Å². The van der Waals surface area contributed by atoms with Crippen molar-refractivity contribution < 1.29 is 9.47 Å². The first-order valence-electron chi connectivity index (χ1n) is 9.52. The summed E-state index contributed by atoms with van der Waals surface area (Å²) in [5.41, 5.74) is 3.66. The zero-order valence-corrected chi connectivity index (χ0v) is 15.9. The number of benzene rings is 2. The topological polar surface area (TPSA) is 42.5 Å². The second kappa shape index (κ2) is 9.60. The van der Waals surface area contributed by atoms with Gasteiger partial charge in [-0.1, -0.05) is 30.3 Å². The minimum atomic E-state index is 0.552. The molecule has 0 aromatic heterocycles. The van der Waals surface area contributed by atoms with Gasteiger partial charge in [0.1, 0.15) is 6.61 Å². The second-order valence-corrected chi connectivity index (χ2v) is 7.02. The van der Waals surface area contributed by atoms with Crippen molar-refractivity contribution in [3.05, 3.63) is 59.2 Å². The summed E-state index contributed by atoms with van der Waals surface area (Å²) in [6.45, 7) is 6.89. The van der Waals surface area contributed by atoms with Gasteiger partial charge in [0.2, 0.25) is 0 Å². The van der Waals surface area contributed by atoms with E-state index in [1.807, 2.05) is 18.2 Å². The van der Waals surface area contributed by atoms with E-state index in [9.17, 15) is 0 Å². The van der Waals surface area contributed by atoms with Crippen LogP contribution in [0.1, 0.15) is 29.5 Å². The molecule has 1 fully saturated rings. The first-order valence-corrected chi connectivity index (χ1v) is 9.52.